The monoisotopic (exact) mass is 210 g/mol. The van der Waals surface area contributed by atoms with E-state index in [0.717, 1.165) is 6.42 Å². The van der Waals surface area contributed by atoms with Gasteiger partial charge in [0.15, 0.2) is 0 Å². The van der Waals surface area contributed by atoms with E-state index in [1.165, 1.54) is 44.9 Å². The topological polar surface area (TPSA) is 29.1 Å². The van der Waals surface area contributed by atoms with Crippen molar-refractivity contribution in [2.24, 2.45) is 0 Å². The Hall–Kier alpha value is -0.790. The van der Waals surface area contributed by atoms with Crippen LogP contribution in [-0.4, -0.2) is 13.0 Å². The van der Waals surface area contributed by atoms with E-state index >= 15 is 0 Å². The van der Waals surface area contributed by atoms with Crippen LogP contribution in [0, 0.1) is 0 Å². The Morgan fingerprint density at radius 3 is 2.33 bits per heavy atom. The first-order valence-electron chi connectivity index (χ1n) is 6.16. The summed E-state index contributed by atoms with van der Waals surface area (Å²) in [6.07, 6.45) is 16.4. The SMILES string of the molecule is CCCCCCCCCC=CCN[C]=O. The molecule has 87 valence electrons. The summed E-state index contributed by atoms with van der Waals surface area (Å²) in [6.45, 7) is 2.86. The van der Waals surface area contributed by atoms with Gasteiger partial charge in [-0.2, -0.15) is 0 Å². The van der Waals surface area contributed by atoms with E-state index in [2.05, 4.69) is 18.3 Å². The zero-order valence-electron chi connectivity index (χ0n) is 9.93. The molecule has 0 bridgehead atoms. The van der Waals surface area contributed by atoms with Crippen LogP contribution in [0.1, 0.15) is 58.3 Å². The molecule has 0 aromatic carbocycles. The van der Waals surface area contributed by atoms with Gasteiger partial charge in [-0.05, 0) is 12.8 Å². The zero-order chi connectivity index (χ0) is 11.2. The van der Waals surface area contributed by atoms with Crippen LogP contribution < -0.4 is 5.32 Å². The third-order valence-corrected chi connectivity index (χ3v) is 2.43. The van der Waals surface area contributed by atoms with Gasteiger partial charge in [-0.15, -0.1) is 0 Å². The summed E-state index contributed by atoms with van der Waals surface area (Å²) in [5, 5.41) is 2.48. The first kappa shape index (κ1) is 14.2. The molecule has 0 aromatic heterocycles. The van der Waals surface area contributed by atoms with E-state index < -0.39 is 0 Å². The highest BCUT2D eigenvalue weighted by atomic mass is 16.1. The molecule has 0 aromatic rings. The summed E-state index contributed by atoms with van der Waals surface area (Å²) in [6, 6.07) is 0. The minimum Gasteiger partial charge on any atom is -0.344 e. The van der Waals surface area contributed by atoms with Crippen molar-refractivity contribution in [2.45, 2.75) is 58.3 Å². The summed E-state index contributed by atoms with van der Waals surface area (Å²) in [5.41, 5.74) is 0. The lowest BCUT2D eigenvalue weighted by Crippen LogP contribution is -2.09. The maximum absolute atomic E-state index is 9.80. The Labute approximate surface area is 94.1 Å². The summed E-state index contributed by atoms with van der Waals surface area (Å²) in [5.74, 6) is 0. The molecule has 2 heteroatoms. The normalized spacial score (nSPS) is 10.7. The van der Waals surface area contributed by atoms with Crippen LogP contribution in [0.2, 0.25) is 0 Å². The maximum atomic E-state index is 9.80. The molecule has 0 saturated carbocycles. The van der Waals surface area contributed by atoms with Crippen molar-refractivity contribution in [3.05, 3.63) is 12.2 Å². The lowest BCUT2D eigenvalue weighted by Gasteiger charge is -1.98. The van der Waals surface area contributed by atoms with Crippen molar-refractivity contribution in [1.82, 2.24) is 5.32 Å². The zero-order valence-corrected chi connectivity index (χ0v) is 9.93. The largest absolute Gasteiger partial charge is 0.344 e. The number of rotatable bonds is 11. The second-order valence-electron chi connectivity index (χ2n) is 3.86. The maximum Gasteiger partial charge on any atom is 0.309 e. The molecule has 0 aliphatic heterocycles. The van der Waals surface area contributed by atoms with Crippen molar-refractivity contribution in [3.8, 4) is 0 Å². The third-order valence-electron chi connectivity index (χ3n) is 2.43. The van der Waals surface area contributed by atoms with Crippen LogP contribution in [0.3, 0.4) is 0 Å². The fourth-order valence-electron chi connectivity index (χ4n) is 1.52. The molecule has 0 saturated heterocycles. The summed E-state index contributed by atoms with van der Waals surface area (Å²) >= 11 is 0. The van der Waals surface area contributed by atoms with Gasteiger partial charge in [0.1, 0.15) is 0 Å². The minimum absolute atomic E-state index is 0.611. The summed E-state index contributed by atoms with van der Waals surface area (Å²) in [7, 11) is 0. The van der Waals surface area contributed by atoms with Crippen LogP contribution >= 0.6 is 0 Å². The summed E-state index contributed by atoms with van der Waals surface area (Å²) in [4.78, 5) is 9.80. The molecule has 0 fully saturated rings. The van der Waals surface area contributed by atoms with Gasteiger partial charge in [0, 0.05) is 6.54 Å². The van der Waals surface area contributed by atoms with Gasteiger partial charge in [0.05, 0.1) is 0 Å². The molecule has 0 aliphatic carbocycles. The fourth-order valence-corrected chi connectivity index (χ4v) is 1.52. The smallest absolute Gasteiger partial charge is 0.309 e. The molecule has 1 radical (unpaired) electrons. The molecule has 1 N–H and O–H groups in total. The molecule has 0 unspecified atom stereocenters. The molecule has 0 spiro atoms. The molecular formula is C13H24NO. The van der Waals surface area contributed by atoms with Gasteiger partial charge >= 0.3 is 6.41 Å². The van der Waals surface area contributed by atoms with E-state index in [4.69, 9.17) is 0 Å². The molecule has 0 atom stereocenters. The molecule has 2 nitrogen and oxygen atoms in total. The van der Waals surface area contributed by atoms with Crippen LogP contribution in [0.5, 0.6) is 0 Å². The summed E-state index contributed by atoms with van der Waals surface area (Å²) < 4.78 is 0. The van der Waals surface area contributed by atoms with E-state index in [9.17, 15) is 4.79 Å². The Bertz CT molecular complexity index is 155. The number of allylic oxidation sites excluding steroid dienone is 1. The number of unbranched alkanes of at least 4 members (excludes halogenated alkanes) is 7. The molecular weight excluding hydrogens is 186 g/mol. The van der Waals surface area contributed by atoms with Crippen molar-refractivity contribution < 1.29 is 4.79 Å². The van der Waals surface area contributed by atoms with Crippen molar-refractivity contribution >= 4 is 6.41 Å². The molecule has 0 rings (SSSR count). The predicted octanol–water partition coefficient (Wildman–Crippen LogP) is 3.34. The average Bonchev–Trinajstić information content (AvgIpc) is 2.26. The molecule has 15 heavy (non-hydrogen) atoms. The van der Waals surface area contributed by atoms with E-state index in [0.29, 0.717) is 6.54 Å². The fraction of sp³-hybridized carbons (Fsp3) is 0.769. The number of carbonyl (C=O) groups excluding carboxylic acids is 1. The van der Waals surface area contributed by atoms with Crippen LogP contribution in [0.15, 0.2) is 12.2 Å². The van der Waals surface area contributed by atoms with Crippen molar-refractivity contribution in [1.29, 1.82) is 0 Å². The number of amides is 1. The highest BCUT2D eigenvalue weighted by Crippen LogP contribution is 2.08. The van der Waals surface area contributed by atoms with Crippen LogP contribution in [0.25, 0.3) is 0 Å². The van der Waals surface area contributed by atoms with Crippen LogP contribution in [0.4, 0.5) is 0 Å². The van der Waals surface area contributed by atoms with Gasteiger partial charge in [0.25, 0.3) is 0 Å². The predicted molar refractivity (Wildman–Crippen MR) is 65.4 cm³/mol. The Kier molecular flexibility index (Phi) is 12.5. The second-order valence-corrected chi connectivity index (χ2v) is 3.86. The minimum atomic E-state index is 0.611. The molecule has 0 aliphatic rings. The first-order valence-corrected chi connectivity index (χ1v) is 6.16. The van der Waals surface area contributed by atoms with Gasteiger partial charge in [-0.1, -0.05) is 57.6 Å². The first-order chi connectivity index (χ1) is 7.41. The van der Waals surface area contributed by atoms with E-state index in [-0.39, 0.29) is 0 Å². The number of nitrogens with one attached hydrogen (secondary N) is 1. The lowest BCUT2D eigenvalue weighted by molar-refractivity contribution is 0.545. The second kappa shape index (κ2) is 13.2. The number of hydrogen-bond acceptors (Lipinski definition) is 1. The van der Waals surface area contributed by atoms with Crippen molar-refractivity contribution in [3.63, 3.8) is 0 Å². The van der Waals surface area contributed by atoms with Crippen molar-refractivity contribution in [2.75, 3.05) is 6.54 Å². The van der Waals surface area contributed by atoms with Gasteiger partial charge in [-0.3, -0.25) is 4.79 Å². The van der Waals surface area contributed by atoms with E-state index in [1.54, 1.807) is 6.41 Å². The Morgan fingerprint density at radius 1 is 1.00 bits per heavy atom. The number of hydrogen-bond donors (Lipinski definition) is 1. The highest BCUT2D eigenvalue weighted by molar-refractivity contribution is 5.47. The van der Waals surface area contributed by atoms with Gasteiger partial charge in [-0.25, -0.2) is 0 Å². The highest BCUT2D eigenvalue weighted by Gasteiger charge is 1.88. The van der Waals surface area contributed by atoms with E-state index in [1.807, 2.05) is 6.08 Å². The third kappa shape index (κ3) is 13.2. The standard InChI is InChI=1S/C13H24NO/c1-2-3-4-5-6-7-8-9-10-11-12-14-13-15/h10-11H,2-9,12H2,1H3,(H,14,15). The Morgan fingerprint density at radius 2 is 1.67 bits per heavy atom. The lowest BCUT2D eigenvalue weighted by atomic mass is 10.1. The van der Waals surface area contributed by atoms with Gasteiger partial charge < -0.3 is 5.32 Å². The molecule has 0 heterocycles. The average molecular weight is 210 g/mol. The molecule has 1 amide bonds. The Balaban J connectivity index is 2.97. The van der Waals surface area contributed by atoms with Crippen LogP contribution in [-0.2, 0) is 4.79 Å². The van der Waals surface area contributed by atoms with Gasteiger partial charge in [0.2, 0.25) is 0 Å². The quantitative estimate of drug-likeness (QED) is 0.316.